The number of halogens is 5. The zero-order valence-corrected chi connectivity index (χ0v) is 20.6. The summed E-state index contributed by atoms with van der Waals surface area (Å²) in [7, 11) is 0. The number of anilines is 2. The number of nitrogens with one attached hydrogen (secondary N) is 1. The molecule has 0 unspecified atom stereocenters. The van der Waals surface area contributed by atoms with Crippen molar-refractivity contribution < 1.29 is 41.0 Å². The van der Waals surface area contributed by atoms with Crippen molar-refractivity contribution in [2.24, 2.45) is 0 Å². The summed E-state index contributed by atoms with van der Waals surface area (Å²) in [6, 6.07) is 7.01. The van der Waals surface area contributed by atoms with Crippen LogP contribution in [0.1, 0.15) is 27.7 Å². The van der Waals surface area contributed by atoms with E-state index in [0.29, 0.717) is 4.90 Å². The van der Waals surface area contributed by atoms with Gasteiger partial charge in [-0.05, 0) is 51.1 Å². The monoisotopic (exact) mass is 542 g/mol. The average molecular weight is 542 g/mol. The molecule has 0 fully saturated rings. The normalized spacial score (nSPS) is 11.9. The number of hydrogen-bond donors (Lipinski definition) is 1. The highest BCUT2D eigenvalue weighted by atomic mass is 19.4. The summed E-state index contributed by atoms with van der Waals surface area (Å²) >= 11 is 0. The summed E-state index contributed by atoms with van der Waals surface area (Å²) < 4.78 is 75.7. The van der Waals surface area contributed by atoms with E-state index in [0.717, 1.165) is 35.0 Å². The van der Waals surface area contributed by atoms with Crippen LogP contribution in [0.2, 0.25) is 0 Å². The highest BCUT2D eigenvalue weighted by Gasteiger charge is 2.36. The molecule has 2 aromatic heterocycles. The lowest BCUT2D eigenvalue weighted by Gasteiger charge is -2.28. The number of carbonyl (C=O) groups excluding carboxylic acids is 2. The van der Waals surface area contributed by atoms with Crippen molar-refractivity contribution in [1.29, 1.82) is 0 Å². The van der Waals surface area contributed by atoms with Crippen LogP contribution in [0.15, 0.2) is 47.4 Å². The number of hydrogen-bond acceptors (Lipinski definition) is 6. The standard InChI is InChI=1S/C24H23F5N4O5/c1-13(34)31-17-10-19(35)33(14-5-7-16(8-6-14)37-21(25)26)18-9-15(11-30-20(17)18)32(12-24(27,28)29)22(36)38-23(2,3)4/h5-11,21H,12H2,1-4H3,(H,31,34). The molecular formula is C24H23F5N4O5. The van der Waals surface area contributed by atoms with E-state index in [4.69, 9.17) is 4.74 Å². The number of fused-ring (bicyclic) bond motifs is 1. The number of nitrogens with zero attached hydrogens (tertiary/aromatic N) is 3. The van der Waals surface area contributed by atoms with Crippen molar-refractivity contribution in [3.63, 3.8) is 0 Å². The number of benzene rings is 1. The lowest BCUT2D eigenvalue weighted by Crippen LogP contribution is -2.42. The first-order chi connectivity index (χ1) is 17.5. The Labute approximate surface area is 212 Å². The number of carbonyl (C=O) groups is 2. The van der Waals surface area contributed by atoms with Gasteiger partial charge < -0.3 is 14.8 Å². The highest BCUT2D eigenvalue weighted by molar-refractivity contribution is 6.00. The molecule has 204 valence electrons. The summed E-state index contributed by atoms with van der Waals surface area (Å²) in [6.45, 7) is 0.822. The van der Waals surface area contributed by atoms with Gasteiger partial charge >= 0.3 is 18.9 Å². The smallest absolute Gasteiger partial charge is 0.415 e. The van der Waals surface area contributed by atoms with E-state index < -0.39 is 42.5 Å². The highest BCUT2D eigenvalue weighted by Crippen LogP contribution is 2.30. The molecule has 0 bridgehead atoms. The third-order valence-corrected chi connectivity index (χ3v) is 4.73. The lowest BCUT2D eigenvalue weighted by atomic mass is 10.2. The molecule has 3 rings (SSSR count). The van der Waals surface area contributed by atoms with Gasteiger partial charge in [-0.1, -0.05) is 0 Å². The van der Waals surface area contributed by atoms with Gasteiger partial charge in [-0.2, -0.15) is 22.0 Å². The minimum absolute atomic E-state index is 0.00704. The fourth-order valence-corrected chi connectivity index (χ4v) is 3.43. The first-order valence-electron chi connectivity index (χ1n) is 11.0. The summed E-state index contributed by atoms with van der Waals surface area (Å²) in [5.41, 5.74) is -2.19. The molecule has 9 nitrogen and oxygen atoms in total. The van der Waals surface area contributed by atoms with Crippen LogP contribution in [0.4, 0.5) is 38.1 Å². The Morgan fingerprint density at radius 1 is 1.11 bits per heavy atom. The van der Waals surface area contributed by atoms with Crippen LogP contribution in [0.5, 0.6) is 5.75 Å². The number of alkyl halides is 5. The molecule has 2 amide bonds. The largest absolute Gasteiger partial charge is 0.443 e. The second-order valence-electron chi connectivity index (χ2n) is 9.03. The van der Waals surface area contributed by atoms with Crippen molar-refractivity contribution in [3.05, 3.63) is 52.9 Å². The molecule has 0 saturated carbocycles. The van der Waals surface area contributed by atoms with E-state index in [2.05, 4.69) is 15.0 Å². The molecule has 14 heteroatoms. The van der Waals surface area contributed by atoms with Gasteiger partial charge in [0.2, 0.25) is 5.91 Å². The molecule has 0 spiro atoms. The van der Waals surface area contributed by atoms with E-state index in [1.165, 1.54) is 39.8 Å². The molecular weight excluding hydrogens is 519 g/mol. The van der Waals surface area contributed by atoms with Crippen LogP contribution in [-0.4, -0.2) is 46.5 Å². The maximum atomic E-state index is 13.4. The van der Waals surface area contributed by atoms with Crippen LogP contribution >= 0.6 is 0 Å². The molecule has 1 N–H and O–H groups in total. The summed E-state index contributed by atoms with van der Waals surface area (Å²) in [6.07, 6.45) is -5.15. The third-order valence-electron chi connectivity index (χ3n) is 4.73. The second kappa shape index (κ2) is 10.6. The Kier molecular flexibility index (Phi) is 7.93. The van der Waals surface area contributed by atoms with Gasteiger partial charge in [-0.25, -0.2) is 4.79 Å². The Bertz CT molecular complexity index is 1400. The number of aromatic nitrogens is 2. The van der Waals surface area contributed by atoms with Crippen LogP contribution in [0, 0.1) is 0 Å². The maximum absolute atomic E-state index is 13.4. The van der Waals surface area contributed by atoms with Crippen molar-refractivity contribution in [3.8, 4) is 11.4 Å². The number of amides is 2. The first-order valence-corrected chi connectivity index (χ1v) is 11.0. The molecule has 0 aliphatic heterocycles. The zero-order chi connectivity index (χ0) is 28.4. The molecule has 0 aliphatic rings. The molecule has 0 saturated heterocycles. The number of rotatable bonds is 6. The SMILES string of the molecule is CC(=O)Nc1cc(=O)n(-c2ccc(OC(F)F)cc2)c2cc(N(CC(F)(F)F)C(=O)OC(C)(C)C)cnc12. The Balaban J connectivity index is 2.26. The van der Waals surface area contributed by atoms with Crippen molar-refractivity contribution in [2.75, 3.05) is 16.8 Å². The van der Waals surface area contributed by atoms with E-state index >= 15 is 0 Å². The lowest BCUT2D eigenvalue weighted by molar-refractivity contribution is -0.119. The predicted molar refractivity (Wildman–Crippen MR) is 128 cm³/mol. The fraction of sp³-hybridized carbons (Fsp3) is 0.333. The van der Waals surface area contributed by atoms with Crippen LogP contribution in [-0.2, 0) is 9.53 Å². The Hall–Kier alpha value is -4.23. The molecule has 0 radical (unpaired) electrons. The van der Waals surface area contributed by atoms with Gasteiger partial charge in [0.15, 0.2) is 0 Å². The molecule has 2 heterocycles. The van der Waals surface area contributed by atoms with E-state index in [9.17, 15) is 36.3 Å². The maximum Gasteiger partial charge on any atom is 0.415 e. The quantitative estimate of drug-likeness (QED) is 0.427. The summed E-state index contributed by atoms with van der Waals surface area (Å²) in [5, 5.41) is 2.44. The number of ether oxygens (including phenoxy) is 2. The van der Waals surface area contributed by atoms with Gasteiger partial charge in [0, 0.05) is 18.7 Å². The van der Waals surface area contributed by atoms with Crippen molar-refractivity contribution in [2.45, 2.75) is 46.1 Å². The van der Waals surface area contributed by atoms with Gasteiger partial charge in [-0.15, -0.1) is 0 Å². The zero-order valence-electron chi connectivity index (χ0n) is 20.6. The molecule has 3 aromatic rings. The number of pyridine rings is 2. The second-order valence-corrected chi connectivity index (χ2v) is 9.03. The van der Waals surface area contributed by atoms with E-state index in [1.807, 2.05) is 0 Å². The molecule has 1 aromatic carbocycles. The Morgan fingerprint density at radius 2 is 1.74 bits per heavy atom. The van der Waals surface area contributed by atoms with Crippen molar-refractivity contribution in [1.82, 2.24) is 9.55 Å². The van der Waals surface area contributed by atoms with E-state index in [-0.39, 0.29) is 33.8 Å². The topological polar surface area (TPSA) is 103 Å². The van der Waals surface area contributed by atoms with Crippen LogP contribution < -0.4 is 20.5 Å². The van der Waals surface area contributed by atoms with Crippen LogP contribution in [0.25, 0.3) is 16.7 Å². The van der Waals surface area contributed by atoms with E-state index in [1.54, 1.807) is 0 Å². The summed E-state index contributed by atoms with van der Waals surface area (Å²) in [5.74, 6) is -0.744. The molecule has 38 heavy (non-hydrogen) atoms. The summed E-state index contributed by atoms with van der Waals surface area (Å²) in [4.78, 5) is 41.9. The predicted octanol–water partition coefficient (Wildman–Crippen LogP) is 5.25. The van der Waals surface area contributed by atoms with Gasteiger partial charge in [0.25, 0.3) is 5.56 Å². The average Bonchev–Trinajstić information content (AvgIpc) is 2.75. The minimum Gasteiger partial charge on any atom is -0.443 e. The Morgan fingerprint density at radius 3 is 2.26 bits per heavy atom. The van der Waals surface area contributed by atoms with Gasteiger partial charge in [0.1, 0.15) is 23.4 Å². The first kappa shape index (κ1) is 28.3. The third kappa shape index (κ3) is 7.17. The molecule has 0 aliphatic carbocycles. The molecule has 0 atom stereocenters. The van der Waals surface area contributed by atoms with Gasteiger partial charge in [-0.3, -0.25) is 24.0 Å². The fourth-order valence-electron chi connectivity index (χ4n) is 3.43. The van der Waals surface area contributed by atoms with Crippen LogP contribution in [0.3, 0.4) is 0 Å². The van der Waals surface area contributed by atoms with Gasteiger partial charge in [0.05, 0.1) is 23.1 Å². The van der Waals surface area contributed by atoms with Crippen molar-refractivity contribution >= 4 is 34.4 Å². The minimum atomic E-state index is -4.82.